The molecule has 1 amide bonds. The molecule has 2 rings (SSSR count). The molecule has 0 bridgehead atoms. The van der Waals surface area contributed by atoms with Crippen LogP contribution in [0.4, 0.5) is 5.69 Å². The number of carbonyl (C=O) groups is 1. The molecular formula is C14H20N2O2. The third-order valence-electron chi connectivity index (χ3n) is 3.33. The Bertz CT molecular complexity index is 451. The Kier molecular flexibility index (Phi) is 3.87. The second-order valence-electron chi connectivity index (χ2n) is 4.97. The van der Waals surface area contributed by atoms with Gasteiger partial charge in [0.2, 0.25) is 5.91 Å². The summed E-state index contributed by atoms with van der Waals surface area (Å²) in [4.78, 5) is 12.1. The van der Waals surface area contributed by atoms with E-state index in [2.05, 4.69) is 10.6 Å². The molecule has 0 aromatic heterocycles. The molecule has 0 unspecified atom stereocenters. The van der Waals surface area contributed by atoms with Crippen LogP contribution in [0.5, 0.6) is 5.75 Å². The van der Waals surface area contributed by atoms with Crippen LogP contribution in [-0.4, -0.2) is 23.6 Å². The Morgan fingerprint density at radius 3 is 2.83 bits per heavy atom. The third-order valence-corrected chi connectivity index (χ3v) is 3.33. The largest absolute Gasteiger partial charge is 0.505 e. The summed E-state index contributed by atoms with van der Waals surface area (Å²) < 4.78 is 0. The first kappa shape index (κ1) is 12.9. The molecule has 0 saturated carbocycles. The highest BCUT2D eigenvalue weighted by Crippen LogP contribution is 2.28. The van der Waals surface area contributed by atoms with Crippen LogP contribution in [0.25, 0.3) is 0 Å². The number of amides is 1. The van der Waals surface area contributed by atoms with Gasteiger partial charge in [0.15, 0.2) is 0 Å². The van der Waals surface area contributed by atoms with E-state index in [1.165, 1.54) is 0 Å². The van der Waals surface area contributed by atoms with E-state index in [-0.39, 0.29) is 17.7 Å². The fraction of sp³-hybridized carbons (Fsp3) is 0.500. The first-order valence-electron chi connectivity index (χ1n) is 6.42. The highest BCUT2D eigenvalue weighted by molar-refractivity contribution is 5.96. The lowest BCUT2D eigenvalue weighted by atomic mass is 10.0. The number of aromatic hydroxyl groups is 1. The van der Waals surface area contributed by atoms with E-state index in [9.17, 15) is 9.90 Å². The van der Waals surface area contributed by atoms with Crippen molar-refractivity contribution in [3.05, 3.63) is 23.3 Å². The van der Waals surface area contributed by atoms with Gasteiger partial charge < -0.3 is 15.7 Å². The molecule has 1 heterocycles. The molecule has 3 N–H and O–H groups in total. The van der Waals surface area contributed by atoms with E-state index in [1.807, 2.05) is 19.9 Å². The zero-order valence-corrected chi connectivity index (χ0v) is 10.9. The molecule has 1 aromatic carbocycles. The lowest BCUT2D eigenvalue weighted by molar-refractivity contribution is -0.118. The molecule has 1 saturated heterocycles. The second-order valence-corrected chi connectivity index (χ2v) is 4.97. The minimum atomic E-state index is -0.140. The van der Waals surface area contributed by atoms with Crippen molar-refractivity contribution in [1.29, 1.82) is 0 Å². The maximum Gasteiger partial charge on any atom is 0.241 e. The van der Waals surface area contributed by atoms with Gasteiger partial charge in [-0.3, -0.25) is 4.79 Å². The van der Waals surface area contributed by atoms with E-state index >= 15 is 0 Å². The number of hydrogen-bond donors (Lipinski definition) is 3. The summed E-state index contributed by atoms with van der Waals surface area (Å²) in [6, 6.07) is 3.55. The molecule has 1 fully saturated rings. The highest BCUT2D eigenvalue weighted by Gasteiger charge is 2.21. The Labute approximate surface area is 107 Å². The monoisotopic (exact) mass is 248 g/mol. The first-order valence-corrected chi connectivity index (χ1v) is 6.42. The molecule has 1 aliphatic heterocycles. The maximum atomic E-state index is 12.1. The Morgan fingerprint density at radius 1 is 1.39 bits per heavy atom. The van der Waals surface area contributed by atoms with Gasteiger partial charge in [-0.25, -0.2) is 0 Å². The van der Waals surface area contributed by atoms with Gasteiger partial charge in [-0.05, 0) is 50.4 Å². The predicted molar refractivity (Wildman–Crippen MR) is 71.9 cm³/mol. The molecule has 0 radical (unpaired) electrons. The zero-order chi connectivity index (χ0) is 13.1. The van der Waals surface area contributed by atoms with Crippen molar-refractivity contribution in [1.82, 2.24) is 5.32 Å². The Hall–Kier alpha value is -1.55. The van der Waals surface area contributed by atoms with Crippen molar-refractivity contribution in [3.8, 4) is 5.75 Å². The minimum Gasteiger partial charge on any atom is -0.505 e. The number of nitrogens with one attached hydrogen (secondary N) is 2. The molecule has 1 aliphatic rings. The molecule has 4 nitrogen and oxygen atoms in total. The minimum absolute atomic E-state index is 0.0602. The fourth-order valence-corrected chi connectivity index (χ4v) is 2.35. The molecule has 4 heteroatoms. The first-order chi connectivity index (χ1) is 8.58. The Morgan fingerprint density at radius 2 is 2.17 bits per heavy atom. The standard InChI is InChI=1S/C14H20N2O2/c1-9-7-10(2)13(17)12(8-9)16-14(18)11-5-3-4-6-15-11/h7-8,11,15,17H,3-6H2,1-2H3,(H,16,18)/t11-/m0/s1. The predicted octanol–water partition coefficient (Wildman–Crippen LogP) is 2.09. The van der Waals surface area contributed by atoms with Gasteiger partial charge in [-0.15, -0.1) is 0 Å². The average Bonchev–Trinajstić information content (AvgIpc) is 2.36. The van der Waals surface area contributed by atoms with Crippen LogP contribution in [0.2, 0.25) is 0 Å². The molecule has 0 aliphatic carbocycles. The summed E-state index contributed by atoms with van der Waals surface area (Å²) in [6.45, 7) is 4.66. The lowest BCUT2D eigenvalue weighted by Gasteiger charge is -2.23. The van der Waals surface area contributed by atoms with E-state index in [1.54, 1.807) is 6.07 Å². The van der Waals surface area contributed by atoms with E-state index < -0.39 is 0 Å². The summed E-state index contributed by atoms with van der Waals surface area (Å²) in [5, 5.41) is 15.9. The summed E-state index contributed by atoms with van der Waals surface area (Å²) in [7, 11) is 0. The molecule has 18 heavy (non-hydrogen) atoms. The second kappa shape index (κ2) is 5.40. The van der Waals surface area contributed by atoms with Gasteiger partial charge in [0.1, 0.15) is 5.75 Å². The number of benzene rings is 1. The number of rotatable bonds is 2. The normalized spacial score (nSPS) is 19.6. The van der Waals surface area contributed by atoms with Crippen LogP contribution < -0.4 is 10.6 Å². The number of piperidine rings is 1. The SMILES string of the molecule is Cc1cc(C)c(O)c(NC(=O)[C@@H]2CCCCN2)c1. The molecule has 1 atom stereocenters. The van der Waals surface area contributed by atoms with Crippen LogP contribution in [0.1, 0.15) is 30.4 Å². The van der Waals surface area contributed by atoms with Crippen molar-refractivity contribution < 1.29 is 9.90 Å². The summed E-state index contributed by atoms with van der Waals surface area (Å²) in [5.74, 6) is 0.0970. The average molecular weight is 248 g/mol. The van der Waals surface area contributed by atoms with Gasteiger partial charge in [-0.2, -0.15) is 0 Å². The van der Waals surface area contributed by atoms with Crippen molar-refractivity contribution in [3.63, 3.8) is 0 Å². The van der Waals surface area contributed by atoms with Crippen LogP contribution >= 0.6 is 0 Å². The summed E-state index contributed by atoms with van der Waals surface area (Å²) >= 11 is 0. The molecular weight excluding hydrogens is 228 g/mol. The van der Waals surface area contributed by atoms with E-state index in [0.29, 0.717) is 5.69 Å². The van der Waals surface area contributed by atoms with Crippen molar-refractivity contribution in [2.75, 3.05) is 11.9 Å². The number of aryl methyl sites for hydroxylation is 2. The van der Waals surface area contributed by atoms with Crippen LogP contribution in [0, 0.1) is 13.8 Å². The number of phenolic OH excluding ortho intramolecular Hbond substituents is 1. The van der Waals surface area contributed by atoms with Gasteiger partial charge in [-0.1, -0.05) is 12.5 Å². The smallest absolute Gasteiger partial charge is 0.241 e. The quantitative estimate of drug-likeness (QED) is 0.702. The Balaban J connectivity index is 2.11. The summed E-state index contributed by atoms with van der Waals surface area (Å²) in [5.41, 5.74) is 2.31. The highest BCUT2D eigenvalue weighted by atomic mass is 16.3. The number of phenols is 1. The van der Waals surface area contributed by atoms with Crippen LogP contribution in [0.15, 0.2) is 12.1 Å². The van der Waals surface area contributed by atoms with E-state index in [0.717, 1.165) is 36.9 Å². The number of hydrogen-bond acceptors (Lipinski definition) is 3. The van der Waals surface area contributed by atoms with Crippen LogP contribution in [-0.2, 0) is 4.79 Å². The zero-order valence-electron chi connectivity index (χ0n) is 10.9. The van der Waals surface area contributed by atoms with Gasteiger partial charge in [0, 0.05) is 0 Å². The van der Waals surface area contributed by atoms with Crippen molar-refractivity contribution in [2.45, 2.75) is 39.2 Å². The van der Waals surface area contributed by atoms with Crippen LogP contribution in [0.3, 0.4) is 0 Å². The lowest BCUT2D eigenvalue weighted by Crippen LogP contribution is -2.43. The van der Waals surface area contributed by atoms with Gasteiger partial charge >= 0.3 is 0 Å². The fourth-order valence-electron chi connectivity index (χ4n) is 2.35. The molecule has 0 spiro atoms. The van der Waals surface area contributed by atoms with Crippen molar-refractivity contribution >= 4 is 11.6 Å². The number of carbonyl (C=O) groups excluding carboxylic acids is 1. The third kappa shape index (κ3) is 2.82. The van der Waals surface area contributed by atoms with Crippen molar-refractivity contribution in [2.24, 2.45) is 0 Å². The van der Waals surface area contributed by atoms with Gasteiger partial charge in [0.05, 0.1) is 11.7 Å². The maximum absolute atomic E-state index is 12.1. The molecule has 98 valence electrons. The van der Waals surface area contributed by atoms with E-state index in [4.69, 9.17) is 0 Å². The van der Waals surface area contributed by atoms with Gasteiger partial charge in [0.25, 0.3) is 0 Å². The number of anilines is 1. The topological polar surface area (TPSA) is 61.4 Å². The summed E-state index contributed by atoms with van der Waals surface area (Å²) in [6.07, 6.45) is 3.06. The molecule has 1 aromatic rings.